The van der Waals surface area contributed by atoms with Crippen LogP contribution in [0.4, 0.5) is 5.82 Å². The molecule has 1 atom stereocenters. The van der Waals surface area contributed by atoms with Crippen molar-refractivity contribution in [1.29, 1.82) is 0 Å². The lowest BCUT2D eigenvalue weighted by molar-refractivity contribution is -0.150. The van der Waals surface area contributed by atoms with Crippen LogP contribution >= 0.6 is 0 Å². The Morgan fingerprint density at radius 1 is 1.28 bits per heavy atom. The standard InChI is InChI=1S/C19H28N4O2/c1-15-3-2-6-21-17(15)23-11-9-22(10-12-23)14-16-13-19(18(24)25-16)4-7-20-8-5-19/h2-3,6,16,20H,4-5,7-14H2,1H3. The van der Waals surface area contributed by atoms with Crippen LogP contribution in [-0.4, -0.2) is 67.8 Å². The molecule has 3 saturated heterocycles. The third kappa shape index (κ3) is 3.37. The largest absolute Gasteiger partial charge is 0.461 e. The summed E-state index contributed by atoms with van der Waals surface area (Å²) in [7, 11) is 0. The number of piperidine rings is 1. The minimum atomic E-state index is -0.206. The molecule has 1 aromatic rings. The van der Waals surface area contributed by atoms with Gasteiger partial charge in [-0.25, -0.2) is 4.98 Å². The van der Waals surface area contributed by atoms with E-state index in [1.54, 1.807) is 0 Å². The molecule has 0 radical (unpaired) electrons. The SMILES string of the molecule is Cc1cccnc1N1CCN(CC2CC3(CCNCC3)C(=O)O2)CC1. The fourth-order valence-corrected chi connectivity index (χ4v) is 4.49. The number of carbonyl (C=O) groups excluding carboxylic acids is 1. The average molecular weight is 344 g/mol. The highest BCUT2D eigenvalue weighted by Gasteiger charge is 2.49. The van der Waals surface area contributed by atoms with E-state index in [-0.39, 0.29) is 17.5 Å². The topological polar surface area (TPSA) is 57.7 Å². The maximum atomic E-state index is 12.4. The van der Waals surface area contributed by atoms with Crippen molar-refractivity contribution in [3.8, 4) is 0 Å². The zero-order valence-corrected chi connectivity index (χ0v) is 15.0. The maximum Gasteiger partial charge on any atom is 0.312 e. The summed E-state index contributed by atoms with van der Waals surface area (Å²) in [6, 6.07) is 4.10. The molecule has 0 amide bonds. The quantitative estimate of drug-likeness (QED) is 0.832. The van der Waals surface area contributed by atoms with Crippen LogP contribution in [0.2, 0.25) is 0 Å². The van der Waals surface area contributed by atoms with Gasteiger partial charge in [-0.1, -0.05) is 6.07 Å². The van der Waals surface area contributed by atoms with Crippen molar-refractivity contribution in [2.24, 2.45) is 5.41 Å². The number of esters is 1. The first-order valence-corrected chi connectivity index (χ1v) is 9.47. The van der Waals surface area contributed by atoms with Gasteiger partial charge in [-0.15, -0.1) is 0 Å². The highest BCUT2D eigenvalue weighted by molar-refractivity contribution is 5.79. The minimum Gasteiger partial charge on any atom is -0.461 e. The molecule has 1 N–H and O–H groups in total. The molecule has 0 bridgehead atoms. The number of nitrogens with zero attached hydrogens (tertiary/aromatic N) is 3. The number of carbonyl (C=O) groups is 1. The molecule has 0 aromatic carbocycles. The lowest BCUT2D eigenvalue weighted by atomic mass is 9.76. The Morgan fingerprint density at radius 3 is 2.76 bits per heavy atom. The fourth-order valence-electron chi connectivity index (χ4n) is 4.49. The summed E-state index contributed by atoms with van der Waals surface area (Å²) in [5, 5.41) is 3.35. The van der Waals surface area contributed by atoms with Gasteiger partial charge in [0.15, 0.2) is 0 Å². The second-order valence-electron chi connectivity index (χ2n) is 7.69. The molecular weight excluding hydrogens is 316 g/mol. The summed E-state index contributed by atoms with van der Waals surface area (Å²) in [6.07, 6.45) is 4.68. The molecule has 3 fully saturated rings. The van der Waals surface area contributed by atoms with Gasteiger partial charge in [0.05, 0.1) is 5.41 Å². The van der Waals surface area contributed by atoms with Crippen LogP contribution in [0.25, 0.3) is 0 Å². The van der Waals surface area contributed by atoms with Gasteiger partial charge >= 0.3 is 5.97 Å². The summed E-state index contributed by atoms with van der Waals surface area (Å²) in [5.41, 5.74) is 1.02. The smallest absolute Gasteiger partial charge is 0.312 e. The van der Waals surface area contributed by atoms with E-state index in [4.69, 9.17) is 4.74 Å². The molecule has 0 aliphatic carbocycles. The third-order valence-corrected chi connectivity index (χ3v) is 6.00. The van der Waals surface area contributed by atoms with Crippen LogP contribution in [0.1, 0.15) is 24.8 Å². The van der Waals surface area contributed by atoms with E-state index < -0.39 is 0 Å². The van der Waals surface area contributed by atoms with E-state index in [0.717, 1.165) is 70.9 Å². The van der Waals surface area contributed by atoms with E-state index in [2.05, 4.69) is 33.1 Å². The van der Waals surface area contributed by atoms with Crippen molar-refractivity contribution < 1.29 is 9.53 Å². The molecule has 4 heterocycles. The minimum absolute atomic E-state index is 0.0433. The number of aryl methyl sites for hydroxylation is 1. The molecule has 0 saturated carbocycles. The molecule has 1 unspecified atom stereocenters. The first-order valence-electron chi connectivity index (χ1n) is 9.47. The van der Waals surface area contributed by atoms with E-state index >= 15 is 0 Å². The van der Waals surface area contributed by atoms with Crippen molar-refractivity contribution in [2.45, 2.75) is 32.3 Å². The lowest BCUT2D eigenvalue weighted by Gasteiger charge is -2.36. The molecule has 136 valence electrons. The van der Waals surface area contributed by atoms with Crippen LogP contribution in [0.3, 0.4) is 0 Å². The van der Waals surface area contributed by atoms with Gasteiger partial charge in [-0.2, -0.15) is 0 Å². The Hall–Kier alpha value is -1.66. The summed E-state index contributed by atoms with van der Waals surface area (Å²) >= 11 is 0. The number of rotatable bonds is 3. The molecule has 1 aromatic heterocycles. The van der Waals surface area contributed by atoms with Crippen LogP contribution < -0.4 is 10.2 Å². The molecule has 25 heavy (non-hydrogen) atoms. The predicted molar refractivity (Wildman–Crippen MR) is 96.7 cm³/mol. The fraction of sp³-hybridized carbons (Fsp3) is 0.684. The Morgan fingerprint density at radius 2 is 2.04 bits per heavy atom. The van der Waals surface area contributed by atoms with Gasteiger partial charge in [0.1, 0.15) is 11.9 Å². The Bertz CT molecular complexity index is 622. The number of aromatic nitrogens is 1. The van der Waals surface area contributed by atoms with Crippen LogP contribution in [0.15, 0.2) is 18.3 Å². The summed E-state index contributed by atoms with van der Waals surface area (Å²) in [5.74, 6) is 1.14. The molecule has 4 rings (SSSR count). The Balaban J connectivity index is 1.31. The normalized spacial score (nSPS) is 26.8. The van der Waals surface area contributed by atoms with Gasteiger partial charge in [-0.05, 0) is 44.5 Å². The summed E-state index contributed by atoms with van der Waals surface area (Å²) in [6.45, 7) is 8.81. The number of hydrogen-bond donors (Lipinski definition) is 1. The summed E-state index contributed by atoms with van der Waals surface area (Å²) in [4.78, 5) is 21.7. The van der Waals surface area contributed by atoms with Crippen molar-refractivity contribution in [3.05, 3.63) is 23.9 Å². The van der Waals surface area contributed by atoms with E-state index in [0.29, 0.717) is 0 Å². The van der Waals surface area contributed by atoms with Crippen molar-refractivity contribution in [3.63, 3.8) is 0 Å². The number of ether oxygens (including phenoxy) is 1. The first-order chi connectivity index (χ1) is 12.2. The van der Waals surface area contributed by atoms with E-state index in [1.807, 2.05) is 12.3 Å². The average Bonchev–Trinajstić information content (AvgIpc) is 2.91. The number of piperazine rings is 1. The Kier molecular flexibility index (Phi) is 4.65. The van der Waals surface area contributed by atoms with Crippen LogP contribution in [0.5, 0.6) is 0 Å². The maximum absolute atomic E-state index is 12.4. The van der Waals surface area contributed by atoms with Crippen molar-refractivity contribution in [1.82, 2.24) is 15.2 Å². The third-order valence-electron chi connectivity index (χ3n) is 6.00. The second kappa shape index (κ2) is 6.92. The Labute approximate surface area is 149 Å². The second-order valence-corrected chi connectivity index (χ2v) is 7.69. The number of anilines is 1. The van der Waals surface area contributed by atoms with Gasteiger partial charge in [0.2, 0.25) is 0 Å². The molecule has 6 heteroatoms. The van der Waals surface area contributed by atoms with Crippen LogP contribution in [-0.2, 0) is 9.53 Å². The highest BCUT2D eigenvalue weighted by atomic mass is 16.6. The zero-order chi connectivity index (χ0) is 17.3. The van der Waals surface area contributed by atoms with Gasteiger partial charge in [0.25, 0.3) is 0 Å². The molecule has 3 aliphatic rings. The highest BCUT2D eigenvalue weighted by Crippen LogP contribution is 2.41. The number of cyclic esters (lactones) is 1. The first kappa shape index (κ1) is 16.8. The summed E-state index contributed by atoms with van der Waals surface area (Å²) < 4.78 is 5.75. The molecule has 3 aliphatic heterocycles. The predicted octanol–water partition coefficient (Wildman–Crippen LogP) is 1.20. The van der Waals surface area contributed by atoms with E-state index in [9.17, 15) is 4.79 Å². The number of nitrogens with one attached hydrogen (secondary N) is 1. The number of pyridine rings is 1. The van der Waals surface area contributed by atoms with Gasteiger partial charge in [0, 0.05) is 45.3 Å². The van der Waals surface area contributed by atoms with Crippen LogP contribution in [0, 0.1) is 12.3 Å². The molecule has 6 nitrogen and oxygen atoms in total. The van der Waals surface area contributed by atoms with Crippen molar-refractivity contribution in [2.75, 3.05) is 50.7 Å². The zero-order valence-electron chi connectivity index (χ0n) is 15.0. The monoisotopic (exact) mass is 344 g/mol. The number of hydrogen-bond acceptors (Lipinski definition) is 6. The van der Waals surface area contributed by atoms with Crippen molar-refractivity contribution >= 4 is 11.8 Å². The van der Waals surface area contributed by atoms with Gasteiger partial charge in [-0.3, -0.25) is 9.69 Å². The van der Waals surface area contributed by atoms with Gasteiger partial charge < -0.3 is 15.0 Å². The molecular formula is C19H28N4O2. The van der Waals surface area contributed by atoms with E-state index in [1.165, 1.54) is 5.56 Å². The molecule has 1 spiro atoms. The lowest BCUT2D eigenvalue weighted by Crippen LogP contribution is -2.49.